The van der Waals surface area contributed by atoms with Crippen LogP contribution in [-0.2, 0) is 0 Å². The van der Waals surface area contributed by atoms with Gasteiger partial charge >= 0.3 is 0 Å². The van der Waals surface area contributed by atoms with E-state index in [1.54, 1.807) is 0 Å². The minimum Gasteiger partial charge on any atom is -0.393 e. The van der Waals surface area contributed by atoms with Crippen LogP contribution < -0.4 is 0 Å². The Morgan fingerprint density at radius 3 is 2.39 bits per heavy atom. The van der Waals surface area contributed by atoms with Gasteiger partial charge in [0.05, 0.1) is 17.8 Å². The summed E-state index contributed by atoms with van der Waals surface area (Å²) >= 11 is 0. The molecule has 0 unspecified atom stereocenters. The van der Waals surface area contributed by atoms with E-state index < -0.39 is 5.60 Å². The molecular formula is C27H45NO3. The third-order valence-electron chi connectivity index (χ3n) is 12.1. The van der Waals surface area contributed by atoms with Crippen LogP contribution in [0.15, 0.2) is 0 Å². The van der Waals surface area contributed by atoms with Crippen LogP contribution in [0.4, 0.5) is 0 Å². The molecule has 6 fully saturated rings. The summed E-state index contributed by atoms with van der Waals surface area (Å²) in [6.07, 6.45) is 8.78. The van der Waals surface area contributed by atoms with E-state index in [0.29, 0.717) is 17.8 Å². The van der Waals surface area contributed by atoms with Crippen LogP contribution in [0.25, 0.3) is 0 Å². The molecule has 0 spiro atoms. The molecule has 4 saturated carbocycles. The molecule has 6 rings (SSSR count). The second-order valence-corrected chi connectivity index (χ2v) is 13.3. The summed E-state index contributed by atoms with van der Waals surface area (Å²) in [6.45, 7) is 9.76. The van der Waals surface area contributed by atoms with Crippen LogP contribution in [0.1, 0.15) is 78.6 Å². The minimum atomic E-state index is -0.579. The largest absolute Gasteiger partial charge is 0.393 e. The van der Waals surface area contributed by atoms with E-state index in [-0.39, 0.29) is 29.5 Å². The van der Waals surface area contributed by atoms with Gasteiger partial charge in [0.15, 0.2) is 0 Å². The highest BCUT2D eigenvalue weighted by Crippen LogP contribution is 2.68. The average Bonchev–Trinajstić information content (AvgIpc) is 3.03. The predicted octanol–water partition coefficient (Wildman–Crippen LogP) is 3.68. The molecule has 4 heteroatoms. The van der Waals surface area contributed by atoms with Gasteiger partial charge in [-0.05, 0) is 111 Å². The summed E-state index contributed by atoms with van der Waals surface area (Å²) in [6, 6.07) is 0.760. The average molecular weight is 432 g/mol. The summed E-state index contributed by atoms with van der Waals surface area (Å²) in [7, 11) is 0. The summed E-state index contributed by atoms with van der Waals surface area (Å²) in [5.41, 5.74) is -0.503. The number of piperidine rings is 2. The summed E-state index contributed by atoms with van der Waals surface area (Å²) < 4.78 is 0. The Kier molecular flexibility index (Phi) is 4.94. The monoisotopic (exact) mass is 431 g/mol. The maximum Gasteiger partial charge on any atom is 0.0711 e. The normalized spacial score (nSPS) is 61.5. The molecule has 0 radical (unpaired) electrons. The maximum atomic E-state index is 12.3. The Labute approximate surface area is 188 Å². The number of nitrogens with zero attached hydrogens (tertiary/aromatic N) is 1. The van der Waals surface area contributed by atoms with E-state index in [9.17, 15) is 15.3 Å². The Bertz CT molecular complexity index is 713. The SMILES string of the molecule is C[C@@H]1CC[C@H]2[C@H](C)[C@H]3CC[C@]4(O)[C@@H](C[C@H]5[C@@H]4C[C@@H](O)[C@H]4C[C@@H](O)CC[C@@]45C)[C@H]3CN2C1. The number of rotatable bonds is 0. The molecule has 2 aliphatic heterocycles. The lowest BCUT2D eigenvalue weighted by Crippen LogP contribution is -2.62. The van der Waals surface area contributed by atoms with Gasteiger partial charge in [-0.15, -0.1) is 0 Å². The first-order chi connectivity index (χ1) is 14.7. The highest BCUT2D eigenvalue weighted by molar-refractivity contribution is 5.17. The van der Waals surface area contributed by atoms with Crippen molar-refractivity contribution in [2.75, 3.05) is 13.1 Å². The van der Waals surface area contributed by atoms with Gasteiger partial charge in [0.1, 0.15) is 0 Å². The quantitative estimate of drug-likeness (QED) is 0.547. The lowest BCUT2D eigenvalue weighted by molar-refractivity contribution is -0.176. The molecule has 0 amide bonds. The number of aliphatic hydroxyl groups is 3. The van der Waals surface area contributed by atoms with Crippen LogP contribution in [0.2, 0.25) is 0 Å². The van der Waals surface area contributed by atoms with Gasteiger partial charge < -0.3 is 15.3 Å². The maximum absolute atomic E-state index is 12.3. The summed E-state index contributed by atoms with van der Waals surface area (Å²) in [4.78, 5) is 2.81. The third kappa shape index (κ3) is 2.93. The molecule has 0 aromatic rings. The highest BCUT2D eigenvalue weighted by Gasteiger charge is 2.67. The molecule has 176 valence electrons. The summed E-state index contributed by atoms with van der Waals surface area (Å²) in [5, 5.41) is 33.8. The van der Waals surface area contributed by atoms with Crippen molar-refractivity contribution in [3.8, 4) is 0 Å². The molecule has 4 nitrogen and oxygen atoms in total. The van der Waals surface area contributed by atoms with Crippen LogP contribution in [0.5, 0.6) is 0 Å². The Hall–Kier alpha value is -0.160. The molecule has 3 N–H and O–H groups in total. The first kappa shape index (κ1) is 21.4. The van der Waals surface area contributed by atoms with Crippen molar-refractivity contribution < 1.29 is 15.3 Å². The van der Waals surface area contributed by atoms with Crippen molar-refractivity contribution in [1.82, 2.24) is 4.90 Å². The van der Waals surface area contributed by atoms with E-state index in [1.807, 2.05) is 0 Å². The van der Waals surface area contributed by atoms with Crippen molar-refractivity contribution in [2.24, 2.45) is 52.8 Å². The first-order valence-corrected chi connectivity index (χ1v) is 13.5. The van der Waals surface area contributed by atoms with Crippen LogP contribution >= 0.6 is 0 Å². The van der Waals surface area contributed by atoms with Gasteiger partial charge in [-0.3, -0.25) is 4.90 Å². The Morgan fingerprint density at radius 1 is 0.774 bits per heavy atom. The molecule has 13 atom stereocenters. The number of hydrogen-bond donors (Lipinski definition) is 3. The van der Waals surface area contributed by atoms with Gasteiger partial charge in [0, 0.05) is 19.1 Å². The fourth-order valence-electron chi connectivity index (χ4n) is 10.6. The molecule has 0 bridgehead atoms. The van der Waals surface area contributed by atoms with Gasteiger partial charge in [0.25, 0.3) is 0 Å². The molecule has 0 aromatic heterocycles. The fourth-order valence-corrected chi connectivity index (χ4v) is 10.6. The van der Waals surface area contributed by atoms with E-state index in [4.69, 9.17) is 0 Å². The summed E-state index contributed by atoms with van der Waals surface area (Å²) in [5.74, 6) is 4.30. The van der Waals surface area contributed by atoms with Crippen molar-refractivity contribution >= 4 is 0 Å². The molecule has 4 aliphatic carbocycles. The van der Waals surface area contributed by atoms with Crippen LogP contribution in [0.3, 0.4) is 0 Å². The highest BCUT2D eigenvalue weighted by atomic mass is 16.3. The second-order valence-electron chi connectivity index (χ2n) is 13.3. The lowest BCUT2D eigenvalue weighted by atomic mass is 9.50. The standard InChI is InChI=1S/C27H45NO3/c1-15-4-5-24-16(2)18-7-9-27(31)20(19(18)14-28(24)13-15)11-21-22(27)12-25(30)23-10-17(29)6-8-26(21,23)3/h15-25,29-31H,4-14H2,1-3H3/t15-,16-,17+,18-,19+,20+,21+,22+,23-,24+,25-,26-,27+/m1/s1. The van der Waals surface area contributed by atoms with Crippen LogP contribution in [0, 0.1) is 52.8 Å². The Morgan fingerprint density at radius 2 is 1.58 bits per heavy atom. The van der Waals surface area contributed by atoms with Crippen molar-refractivity contribution in [2.45, 2.75) is 102 Å². The second kappa shape index (κ2) is 7.17. The zero-order valence-electron chi connectivity index (χ0n) is 19.9. The fraction of sp³-hybridized carbons (Fsp3) is 1.00. The van der Waals surface area contributed by atoms with E-state index >= 15 is 0 Å². The van der Waals surface area contributed by atoms with Crippen molar-refractivity contribution in [3.05, 3.63) is 0 Å². The third-order valence-corrected chi connectivity index (χ3v) is 12.1. The molecule has 2 saturated heterocycles. The molecule has 2 heterocycles. The number of hydrogen-bond acceptors (Lipinski definition) is 4. The number of aliphatic hydroxyl groups excluding tert-OH is 2. The first-order valence-electron chi connectivity index (χ1n) is 13.5. The van der Waals surface area contributed by atoms with E-state index in [0.717, 1.165) is 62.3 Å². The molecule has 0 aromatic carbocycles. The number of fused-ring (bicyclic) bond motifs is 8. The Balaban J connectivity index is 1.32. The molecular weight excluding hydrogens is 386 g/mol. The zero-order chi connectivity index (χ0) is 21.7. The van der Waals surface area contributed by atoms with E-state index in [1.165, 1.54) is 32.4 Å². The van der Waals surface area contributed by atoms with Crippen molar-refractivity contribution in [1.29, 1.82) is 0 Å². The smallest absolute Gasteiger partial charge is 0.0711 e. The van der Waals surface area contributed by atoms with Gasteiger partial charge in [0.2, 0.25) is 0 Å². The van der Waals surface area contributed by atoms with Crippen LogP contribution in [-0.4, -0.2) is 57.2 Å². The van der Waals surface area contributed by atoms with Crippen molar-refractivity contribution in [3.63, 3.8) is 0 Å². The topological polar surface area (TPSA) is 63.9 Å². The van der Waals surface area contributed by atoms with Gasteiger partial charge in [-0.1, -0.05) is 20.8 Å². The molecule has 6 aliphatic rings. The lowest BCUT2D eigenvalue weighted by Gasteiger charge is -2.59. The minimum absolute atomic E-state index is 0.0760. The predicted molar refractivity (Wildman–Crippen MR) is 121 cm³/mol. The van der Waals surface area contributed by atoms with Gasteiger partial charge in [-0.25, -0.2) is 0 Å². The molecule has 31 heavy (non-hydrogen) atoms. The van der Waals surface area contributed by atoms with Gasteiger partial charge in [-0.2, -0.15) is 0 Å². The zero-order valence-corrected chi connectivity index (χ0v) is 19.9. The van der Waals surface area contributed by atoms with E-state index in [2.05, 4.69) is 25.7 Å².